The van der Waals surface area contributed by atoms with Crippen molar-refractivity contribution < 1.29 is 31.5 Å². The van der Waals surface area contributed by atoms with Gasteiger partial charge in [-0.15, -0.1) is 11.8 Å². The number of amides is 1. The van der Waals surface area contributed by atoms with Crippen LogP contribution in [0.2, 0.25) is 0 Å². The van der Waals surface area contributed by atoms with Crippen LogP contribution < -0.4 is 5.32 Å². The number of piperidine rings is 2. The standard InChI is InChI=1S/C31H45F3N6O4S2/c1-22(41)35-24-8-13-37(14-9-24)16-17-45-29-18-23(6-7-27(29)31(32,33)34)30-26-21-39(46(2,43)44)15-10-28(26)40(36-30)20-25(42)19-38-11-4-3-5-12-38/h6-7,18,24-25,42H,3-5,8-17,19-21H2,1-2H3,(H,35,41). The molecule has 1 unspecified atom stereocenters. The summed E-state index contributed by atoms with van der Waals surface area (Å²) in [6.07, 6.45) is 1.31. The number of carbonyl (C=O) groups is 1. The van der Waals surface area contributed by atoms with E-state index in [9.17, 15) is 31.5 Å². The Kier molecular flexibility index (Phi) is 11.4. The quantitative estimate of drug-likeness (QED) is 0.347. The fraction of sp³-hybridized carbons (Fsp3) is 0.677. The lowest BCUT2D eigenvalue weighted by molar-refractivity contribution is -0.139. The molecule has 1 atom stereocenters. The maximum Gasteiger partial charge on any atom is 0.417 e. The maximum absolute atomic E-state index is 14.1. The molecule has 10 nitrogen and oxygen atoms in total. The summed E-state index contributed by atoms with van der Waals surface area (Å²) < 4.78 is 70.4. The molecule has 0 aliphatic carbocycles. The number of aliphatic hydroxyl groups excluding tert-OH is 1. The summed E-state index contributed by atoms with van der Waals surface area (Å²) in [5.74, 6) is 0.395. The first-order valence-electron chi connectivity index (χ1n) is 16.1. The molecule has 46 heavy (non-hydrogen) atoms. The van der Waals surface area contributed by atoms with Crippen LogP contribution in [0.4, 0.5) is 13.2 Å². The van der Waals surface area contributed by atoms with Gasteiger partial charge >= 0.3 is 6.18 Å². The molecular weight excluding hydrogens is 642 g/mol. The Balaban J connectivity index is 1.37. The number of sulfonamides is 1. The number of likely N-dealkylation sites (tertiary alicyclic amines) is 2. The summed E-state index contributed by atoms with van der Waals surface area (Å²) in [6.45, 7) is 6.58. The fourth-order valence-electron chi connectivity index (χ4n) is 6.73. The van der Waals surface area contributed by atoms with Gasteiger partial charge in [-0.3, -0.25) is 9.48 Å². The van der Waals surface area contributed by atoms with Crippen LogP contribution in [0.5, 0.6) is 0 Å². The Morgan fingerprint density at radius 1 is 1.09 bits per heavy atom. The van der Waals surface area contributed by atoms with E-state index < -0.39 is 27.9 Å². The number of halogens is 3. The van der Waals surface area contributed by atoms with Crippen molar-refractivity contribution >= 4 is 27.7 Å². The van der Waals surface area contributed by atoms with E-state index in [0.717, 1.165) is 81.6 Å². The average Bonchev–Trinajstić information content (AvgIpc) is 3.34. The van der Waals surface area contributed by atoms with E-state index in [0.29, 0.717) is 42.1 Å². The number of hydrogen-bond acceptors (Lipinski definition) is 8. The van der Waals surface area contributed by atoms with Crippen molar-refractivity contribution in [1.29, 1.82) is 0 Å². The fourth-order valence-corrected chi connectivity index (χ4v) is 8.63. The van der Waals surface area contributed by atoms with E-state index in [2.05, 4.69) is 15.1 Å². The highest BCUT2D eigenvalue weighted by molar-refractivity contribution is 7.99. The number of thioether (sulfide) groups is 1. The van der Waals surface area contributed by atoms with Crippen molar-refractivity contribution in [3.63, 3.8) is 0 Å². The summed E-state index contributed by atoms with van der Waals surface area (Å²) >= 11 is 1.15. The van der Waals surface area contributed by atoms with Crippen molar-refractivity contribution in [2.75, 3.05) is 57.8 Å². The molecule has 0 spiro atoms. The molecule has 256 valence electrons. The highest BCUT2D eigenvalue weighted by Crippen LogP contribution is 2.40. The Morgan fingerprint density at radius 3 is 2.46 bits per heavy atom. The van der Waals surface area contributed by atoms with Crippen molar-refractivity contribution in [3.8, 4) is 11.3 Å². The second kappa shape index (κ2) is 14.9. The van der Waals surface area contributed by atoms with Gasteiger partial charge in [0.15, 0.2) is 0 Å². The summed E-state index contributed by atoms with van der Waals surface area (Å²) in [5, 5.41) is 18.7. The molecule has 4 heterocycles. The number of aliphatic hydroxyl groups is 1. The number of rotatable bonds is 11. The third-order valence-electron chi connectivity index (χ3n) is 9.09. The molecule has 1 aromatic heterocycles. The minimum absolute atomic E-state index is 0.0580. The summed E-state index contributed by atoms with van der Waals surface area (Å²) in [5.41, 5.74) is 1.70. The molecule has 2 saturated heterocycles. The third kappa shape index (κ3) is 9.04. The van der Waals surface area contributed by atoms with Gasteiger partial charge in [0.2, 0.25) is 15.9 Å². The highest BCUT2D eigenvalue weighted by Gasteiger charge is 2.35. The second-order valence-electron chi connectivity index (χ2n) is 12.7. The van der Waals surface area contributed by atoms with Gasteiger partial charge < -0.3 is 20.2 Å². The lowest BCUT2D eigenvalue weighted by Gasteiger charge is -2.32. The molecular formula is C31H45F3N6O4S2. The Bertz CT molecular complexity index is 1470. The zero-order chi connectivity index (χ0) is 33.1. The molecule has 5 rings (SSSR count). The predicted molar refractivity (Wildman–Crippen MR) is 172 cm³/mol. The zero-order valence-electron chi connectivity index (χ0n) is 26.6. The largest absolute Gasteiger partial charge is 0.417 e. The Morgan fingerprint density at radius 2 is 1.80 bits per heavy atom. The van der Waals surface area contributed by atoms with Crippen LogP contribution in [0.25, 0.3) is 11.3 Å². The van der Waals surface area contributed by atoms with Gasteiger partial charge in [0.05, 0.1) is 30.2 Å². The molecule has 2 fully saturated rings. The first-order chi connectivity index (χ1) is 21.8. The molecule has 2 N–H and O–H groups in total. The lowest BCUT2D eigenvalue weighted by atomic mass is 10.0. The molecule has 1 aromatic carbocycles. The van der Waals surface area contributed by atoms with E-state index in [1.54, 1.807) is 4.68 Å². The van der Waals surface area contributed by atoms with E-state index >= 15 is 0 Å². The minimum Gasteiger partial charge on any atom is -0.390 e. The zero-order valence-corrected chi connectivity index (χ0v) is 28.2. The van der Waals surface area contributed by atoms with Gasteiger partial charge in [-0.25, -0.2) is 8.42 Å². The van der Waals surface area contributed by atoms with Crippen LogP contribution in [0.15, 0.2) is 23.1 Å². The highest BCUT2D eigenvalue weighted by atomic mass is 32.2. The molecule has 2 aromatic rings. The number of nitrogens with zero attached hydrogens (tertiary/aromatic N) is 5. The van der Waals surface area contributed by atoms with Crippen LogP contribution in [-0.2, 0) is 40.5 Å². The van der Waals surface area contributed by atoms with Gasteiger partial charge in [0.25, 0.3) is 0 Å². The average molecular weight is 687 g/mol. The van der Waals surface area contributed by atoms with E-state index in [1.165, 1.54) is 29.8 Å². The Hall–Kier alpha value is -2.17. The number of benzene rings is 1. The minimum atomic E-state index is -4.54. The normalized spacial score (nSPS) is 20.0. The van der Waals surface area contributed by atoms with Crippen LogP contribution in [0.3, 0.4) is 0 Å². The van der Waals surface area contributed by atoms with E-state index in [1.807, 2.05) is 0 Å². The van der Waals surface area contributed by atoms with E-state index in [4.69, 9.17) is 5.10 Å². The summed E-state index contributed by atoms with van der Waals surface area (Å²) in [4.78, 5) is 15.9. The van der Waals surface area contributed by atoms with Crippen LogP contribution in [0.1, 0.15) is 55.8 Å². The van der Waals surface area contributed by atoms with Crippen LogP contribution >= 0.6 is 11.8 Å². The maximum atomic E-state index is 14.1. The lowest BCUT2D eigenvalue weighted by Crippen LogP contribution is -2.44. The number of aromatic nitrogens is 2. The first-order valence-corrected chi connectivity index (χ1v) is 18.9. The summed E-state index contributed by atoms with van der Waals surface area (Å²) in [7, 11) is -3.51. The second-order valence-corrected chi connectivity index (χ2v) is 15.8. The predicted octanol–water partition coefficient (Wildman–Crippen LogP) is 3.43. The van der Waals surface area contributed by atoms with Crippen molar-refractivity contribution in [1.82, 2.24) is 29.2 Å². The number of β-amino-alcohol motifs (C(OH)–C–C–N with tert-alkyl or cyclic N) is 1. The molecule has 0 saturated carbocycles. The van der Waals surface area contributed by atoms with E-state index in [-0.39, 0.29) is 36.5 Å². The van der Waals surface area contributed by atoms with Gasteiger partial charge in [-0.05, 0) is 50.9 Å². The molecule has 3 aliphatic heterocycles. The number of nitrogens with one attached hydrogen (secondary N) is 1. The molecule has 0 bridgehead atoms. The third-order valence-corrected chi connectivity index (χ3v) is 11.4. The topological polar surface area (TPSA) is 111 Å². The molecule has 15 heteroatoms. The van der Waals surface area contributed by atoms with Gasteiger partial charge in [0, 0.05) is 86.1 Å². The van der Waals surface area contributed by atoms with Gasteiger partial charge in [0.1, 0.15) is 0 Å². The first kappa shape index (κ1) is 35.1. The number of alkyl halides is 3. The smallest absolute Gasteiger partial charge is 0.390 e. The van der Waals surface area contributed by atoms with Crippen molar-refractivity contribution in [2.45, 2.75) is 81.8 Å². The Labute approximate surface area is 273 Å². The SMILES string of the molecule is CC(=O)NC1CCN(CCSc2cc(-c3nn(CC(O)CN4CCCCC4)c4c3CN(S(C)(=O)=O)CC4)ccc2C(F)(F)F)CC1. The van der Waals surface area contributed by atoms with Gasteiger partial charge in [-0.2, -0.15) is 22.6 Å². The van der Waals surface area contributed by atoms with Crippen molar-refractivity contribution in [2.24, 2.45) is 0 Å². The van der Waals surface area contributed by atoms with Crippen LogP contribution in [-0.4, -0.2) is 113 Å². The monoisotopic (exact) mass is 686 g/mol. The molecule has 3 aliphatic rings. The van der Waals surface area contributed by atoms with Crippen LogP contribution in [0, 0.1) is 0 Å². The van der Waals surface area contributed by atoms with Gasteiger partial charge in [-0.1, -0.05) is 12.5 Å². The number of hydrogen-bond donors (Lipinski definition) is 2. The van der Waals surface area contributed by atoms with Crippen molar-refractivity contribution in [3.05, 3.63) is 35.0 Å². The molecule has 1 amide bonds. The summed E-state index contributed by atoms with van der Waals surface area (Å²) in [6, 6.07) is 4.15. The number of fused-ring (bicyclic) bond motifs is 1. The molecule has 0 radical (unpaired) electrons. The number of carbonyl (C=O) groups excluding carboxylic acids is 1.